The Kier molecular flexibility index (Phi) is 5.34. The van der Waals surface area contributed by atoms with Crippen molar-refractivity contribution in [1.29, 1.82) is 0 Å². The zero-order valence-electron chi connectivity index (χ0n) is 13.5. The Morgan fingerprint density at radius 1 is 1.27 bits per heavy atom. The summed E-state index contributed by atoms with van der Waals surface area (Å²) >= 11 is 0. The van der Waals surface area contributed by atoms with Crippen molar-refractivity contribution in [3.63, 3.8) is 0 Å². The average molecular weight is 296 g/mol. The molecule has 3 nitrogen and oxygen atoms in total. The number of carbonyl (C=O) groups is 1. The SMILES string of the molecule is CC(=C1C=CC(C(=O)NN)=CC1)c1ccccc1CC(C)C. The average Bonchev–Trinajstić information content (AvgIpc) is 2.53. The number of rotatable bonds is 4. The van der Waals surface area contributed by atoms with Crippen molar-refractivity contribution in [3.8, 4) is 0 Å². The van der Waals surface area contributed by atoms with Crippen LogP contribution in [-0.4, -0.2) is 5.91 Å². The summed E-state index contributed by atoms with van der Waals surface area (Å²) in [5.41, 5.74) is 7.98. The van der Waals surface area contributed by atoms with E-state index in [-0.39, 0.29) is 5.91 Å². The van der Waals surface area contributed by atoms with E-state index in [2.05, 4.69) is 50.5 Å². The lowest BCUT2D eigenvalue weighted by Gasteiger charge is -2.16. The highest BCUT2D eigenvalue weighted by molar-refractivity contribution is 5.96. The maximum atomic E-state index is 11.5. The van der Waals surface area contributed by atoms with Gasteiger partial charge in [-0.15, -0.1) is 0 Å². The minimum absolute atomic E-state index is 0.242. The molecule has 116 valence electrons. The predicted octanol–water partition coefficient (Wildman–Crippen LogP) is 3.53. The molecular formula is C19H24N2O. The summed E-state index contributed by atoms with van der Waals surface area (Å²) in [7, 11) is 0. The van der Waals surface area contributed by atoms with Crippen LogP contribution in [0.2, 0.25) is 0 Å². The van der Waals surface area contributed by atoms with Crippen LogP contribution < -0.4 is 11.3 Å². The van der Waals surface area contributed by atoms with E-state index >= 15 is 0 Å². The maximum Gasteiger partial charge on any atom is 0.264 e. The van der Waals surface area contributed by atoms with Gasteiger partial charge < -0.3 is 0 Å². The molecule has 1 aliphatic carbocycles. The van der Waals surface area contributed by atoms with Crippen LogP contribution in [-0.2, 0) is 11.2 Å². The van der Waals surface area contributed by atoms with E-state index in [1.54, 1.807) is 0 Å². The molecule has 2 rings (SSSR count). The van der Waals surface area contributed by atoms with Gasteiger partial charge in [-0.2, -0.15) is 0 Å². The van der Waals surface area contributed by atoms with Crippen molar-refractivity contribution < 1.29 is 4.79 Å². The summed E-state index contributed by atoms with van der Waals surface area (Å²) in [4.78, 5) is 11.5. The Hall–Kier alpha value is -2.13. The van der Waals surface area contributed by atoms with E-state index in [0.717, 1.165) is 12.8 Å². The van der Waals surface area contributed by atoms with E-state index < -0.39 is 0 Å². The summed E-state index contributed by atoms with van der Waals surface area (Å²) in [5.74, 6) is 5.55. The van der Waals surface area contributed by atoms with Gasteiger partial charge in [-0.05, 0) is 54.0 Å². The number of hydrogen-bond donors (Lipinski definition) is 2. The summed E-state index contributed by atoms with van der Waals surface area (Å²) in [6, 6.07) is 8.56. The predicted molar refractivity (Wildman–Crippen MR) is 91.7 cm³/mol. The first-order chi connectivity index (χ1) is 10.5. The van der Waals surface area contributed by atoms with Crippen LogP contribution in [0, 0.1) is 5.92 Å². The number of hydrogen-bond acceptors (Lipinski definition) is 2. The Balaban J connectivity index is 2.30. The van der Waals surface area contributed by atoms with Crippen LogP contribution in [0.4, 0.5) is 0 Å². The molecule has 0 radical (unpaired) electrons. The first-order valence-electron chi connectivity index (χ1n) is 7.70. The lowest BCUT2D eigenvalue weighted by molar-refractivity contribution is -0.117. The number of benzene rings is 1. The van der Waals surface area contributed by atoms with Crippen molar-refractivity contribution in [1.82, 2.24) is 5.43 Å². The smallest absolute Gasteiger partial charge is 0.264 e. The topological polar surface area (TPSA) is 55.1 Å². The van der Waals surface area contributed by atoms with Gasteiger partial charge >= 0.3 is 0 Å². The molecule has 1 amide bonds. The molecule has 0 bridgehead atoms. The first kappa shape index (κ1) is 16.2. The fraction of sp³-hybridized carbons (Fsp3) is 0.316. The number of hydrazine groups is 1. The van der Waals surface area contributed by atoms with Crippen molar-refractivity contribution in [2.45, 2.75) is 33.6 Å². The molecule has 0 fully saturated rings. The molecule has 0 spiro atoms. The van der Waals surface area contributed by atoms with Crippen molar-refractivity contribution >= 4 is 11.5 Å². The van der Waals surface area contributed by atoms with Crippen LogP contribution in [0.3, 0.4) is 0 Å². The molecule has 0 aromatic heterocycles. The van der Waals surface area contributed by atoms with Crippen LogP contribution in [0.1, 0.15) is 38.3 Å². The number of carbonyl (C=O) groups excluding carboxylic acids is 1. The molecule has 1 aromatic carbocycles. The third-order valence-electron chi connectivity index (χ3n) is 3.93. The Morgan fingerprint density at radius 2 is 2.00 bits per heavy atom. The Bertz CT molecular complexity index is 651. The quantitative estimate of drug-likeness (QED) is 0.507. The normalized spacial score (nSPS) is 16.5. The molecule has 0 atom stereocenters. The lowest BCUT2D eigenvalue weighted by Crippen LogP contribution is -2.31. The number of amides is 1. The van der Waals surface area contributed by atoms with Crippen LogP contribution >= 0.6 is 0 Å². The summed E-state index contributed by atoms with van der Waals surface area (Å²) in [5, 5.41) is 0. The van der Waals surface area contributed by atoms with Gasteiger partial charge in [0.25, 0.3) is 5.91 Å². The zero-order chi connectivity index (χ0) is 16.1. The van der Waals surface area contributed by atoms with Gasteiger partial charge in [0.15, 0.2) is 0 Å². The fourth-order valence-corrected chi connectivity index (χ4v) is 2.75. The Morgan fingerprint density at radius 3 is 2.59 bits per heavy atom. The van der Waals surface area contributed by atoms with E-state index in [9.17, 15) is 4.79 Å². The fourth-order valence-electron chi connectivity index (χ4n) is 2.75. The number of nitrogens with one attached hydrogen (secondary N) is 1. The molecule has 22 heavy (non-hydrogen) atoms. The maximum absolute atomic E-state index is 11.5. The van der Waals surface area contributed by atoms with Crippen molar-refractivity contribution in [2.24, 2.45) is 11.8 Å². The van der Waals surface area contributed by atoms with E-state index in [4.69, 9.17) is 5.84 Å². The molecule has 3 heteroatoms. The highest BCUT2D eigenvalue weighted by Gasteiger charge is 2.12. The molecule has 0 unspecified atom stereocenters. The molecule has 0 saturated carbocycles. The minimum Gasteiger partial charge on any atom is -0.290 e. The highest BCUT2D eigenvalue weighted by Crippen LogP contribution is 2.28. The second-order valence-electron chi connectivity index (χ2n) is 6.08. The standard InChI is InChI=1S/C19H24N2O/c1-13(2)12-17-6-4-5-7-18(17)14(3)15-8-10-16(11-9-15)19(22)21-20/h4-8,10-11,13H,9,12,20H2,1-3H3,(H,21,22). The van der Waals surface area contributed by atoms with Crippen molar-refractivity contribution in [3.05, 3.63) is 64.8 Å². The van der Waals surface area contributed by atoms with Gasteiger partial charge in [0, 0.05) is 5.57 Å². The third-order valence-corrected chi connectivity index (χ3v) is 3.93. The van der Waals surface area contributed by atoms with Gasteiger partial charge in [0.05, 0.1) is 0 Å². The molecule has 1 aliphatic rings. The molecule has 3 N–H and O–H groups in total. The van der Waals surface area contributed by atoms with Gasteiger partial charge in [-0.1, -0.05) is 50.3 Å². The highest BCUT2D eigenvalue weighted by atomic mass is 16.2. The van der Waals surface area contributed by atoms with Crippen LogP contribution in [0.25, 0.3) is 5.57 Å². The number of nitrogens with two attached hydrogens (primary N) is 1. The van der Waals surface area contributed by atoms with Crippen LogP contribution in [0.15, 0.2) is 53.6 Å². The summed E-state index contributed by atoms with van der Waals surface area (Å²) in [6.07, 6.45) is 7.59. The van der Waals surface area contributed by atoms with Gasteiger partial charge in [-0.25, -0.2) is 5.84 Å². The molecular weight excluding hydrogens is 272 g/mol. The monoisotopic (exact) mass is 296 g/mol. The first-order valence-corrected chi connectivity index (χ1v) is 7.70. The third kappa shape index (κ3) is 3.74. The molecule has 1 aromatic rings. The minimum atomic E-state index is -0.242. The lowest BCUT2D eigenvalue weighted by atomic mass is 9.89. The van der Waals surface area contributed by atoms with E-state index in [0.29, 0.717) is 11.5 Å². The molecule has 0 saturated heterocycles. The van der Waals surface area contributed by atoms with Gasteiger partial charge in [-0.3, -0.25) is 10.2 Å². The molecule has 0 heterocycles. The zero-order valence-corrected chi connectivity index (χ0v) is 13.5. The second kappa shape index (κ2) is 7.23. The summed E-state index contributed by atoms with van der Waals surface area (Å²) < 4.78 is 0. The largest absolute Gasteiger partial charge is 0.290 e. The van der Waals surface area contributed by atoms with E-state index in [1.807, 2.05) is 18.2 Å². The van der Waals surface area contributed by atoms with Gasteiger partial charge in [0.1, 0.15) is 0 Å². The van der Waals surface area contributed by atoms with Crippen molar-refractivity contribution in [2.75, 3.05) is 0 Å². The van der Waals surface area contributed by atoms with Crippen LogP contribution in [0.5, 0.6) is 0 Å². The Labute approximate surface area is 132 Å². The van der Waals surface area contributed by atoms with Gasteiger partial charge in [0.2, 0.25) is 0 Å². The summed E-state index contributed by atoms with van der Waals surface area (Å²) in [6.45, 7) is 6.63. The van der Waals surface area contributed by atoms with E-state index in [1.165, 1.54) is 22.3 Å². The second-order valence-corrected chi connectivity index (χ2v) is 6.08. The number of allylic oxidation sites excluding steroid dienone is 4. The molecule has 0 aliphatic heterocycles.